The first-order valence-corrected chi connectivity index (χ1v) is 14.0. The first-order valence-electron chi connectivity index (χ1n) is 13.1. The van der Waals surface area contributed by atoms with E-state index in [-0.39, 0.29) is 46.3 Å². The monoisotopic (exact) mass is 503 g/mol. The summed E-state index contributed by atoms with van der Waals surface area (Å²) >= 11 is 1.31. The molecule has 35 heavy (non-hydrogen) atoms. The van der Waals surface area contributed by atoms with E-state index in [2.05, 4.69) is 40.7 Å². The van der Waals surface area contributed by atoms with Crippen molar-refractivity contribution < 1.29 is 24.2 Å². The Morgan fingerprint density at radius 3 is 2.43 bits per heavy atom. The van der Waals surface area contributed by atoms with Crippen LogP contribution in [0.3, 0.4) is 0 Å². The number of allylic oxidation sites excluding steroid dienone is 2. The number of aromatic carboxylic acids is 1. The zero-order valence-corrected chi connectivity index (χ0v) is 22.7. The molecule has 3 atom stereocenters. The Kier molecular flexibility index (Phi) is 8.08. The molecule has 1 N–H and O–H groups in total. The van der Waals surface area contributed by atoms with Crippen LogP contribution in [0.1, 0.15) is 94.1 Å². The van der Waals surface area contributed by atoms with Gasteiger partial charge in [0, 0.05) is 23.4 Å². The van der Waals surface area contributed by atoms with Gasteiger partial charge in [-0.15, -0.1) is 11.3 Å². The molecule has 7 heteroatoms. The zero-order valence-electron chi connectivity index (χ0n) is 21.8. The van der Waals surface area contributed by atoms with Crippen LogP contribution in [0.25, 0.3) is 0 Å². The largest absolute Gasteiger partial charge is 0.477 e. The summed E-state index contributed by atoms with van der Waals surface area (Å²) in [5, 5.41) is 10.1. The van der Waals surface area contributed by atoms with Gasteiger partial charge in [-0.2, -0.15) is 0 Å². The number of thiophene rings is 1. The molecular formula is C28H41NO5S. The summed E-state index contributed by atoms with van der Waals surface area (Å²) in [4.78, 5) is 29.7. The molecule has 194 valence electrons. The van der Waals surface area contributed by atoms with Crippen LogP contribution in [-0.4, -0.2) is 48.4 Å². The third-order valence-electron chi connectivity index (χ3n) is 7.79. The summed E-state index contributed by atoms with van der Waals surface area (Å²) in [5.74, 6) is -0.756. The van der Waals surface area contributed by atoms with Gasteiger partial charge in [-0.1, -0.05) is 39.3 Å². The maximum Gasteiger partial charge on any atom is 0.348 e. The van der Waals surface area contributed by atoms with Crippen molar-refractivity contribution in [2.45, 2.75) is 103 Å². The Hall–Kier alpha value is -1.70. The van der Waals surface area contributed by atoms with E-state index >= 15 is 0 Å². The molecule has 2 fully saturated rings. The summed E-state index contributed by atoms with van der Waals surface area (Å²) in [6.07, 6.45) is 8.52. The zero-order chi connectivity index (χ0) is 25.3. The number of carboxylic acids is 1. The van der Waals surface area contributed by atoms with Crippen LogP contribution in [0.4, 0.5) is 5.69 Å². The van der Waals surface area contributed by atoms with Gasteiger partial charge >= 0.3 is 5.97 Å². The summed E-state index contributed by atoms with van der Waals surface area (Å²) < 4.78 is 11.7. The molecule has 0 spiro atoms. The Labute approximate surface area is 213 Å². The van der Waals surface area contributed by atoms with E-state index in [1.807, 2.05) is 11.0 Å². The number of rotatable bonds is 6. The van der Waals surface area contributed by atoms with Crippen LogP contribution in [0.15, 0.2) is 17.7 Å². The minimum absolute atomic E-state index is 0.0121. The van der Waals surface area contributed by atoms with Crippen molar-refractivity contribution in [2.24, 2.45) is 11.8 Å². The van der Waals surface area contributed by atoms with Crippen molar-refractivity contribution in [3.8, 4) is 0 Å². The van der Waals surface area contributed by atoms with Gasteiger partial charge in [-0.05, 0) is 69.3 Å². The third kappa shape index (κ3) is 6.00. The molecule has 0 radical (unpaired) electrons. The Bertz CT molecular complexity index is 947. The highest BCUT2D eigenvalue weighted by molar-refractivity contribution is 7.14. The van der Waals surface area contributed by atoms with E-state index in [0.717, 1.165) is 56.4 Å². The summed E-state index contributed by atoms with van der Waals surface area (Å²) in [7, 11) is 0. The highest BCUT2D eigenvalue weighted by atomic mass is 32.1. The number of anilines is 1. The lowest BCUT2D eigenvalue weighted by atomic mass is 9.79. The molecule has 3 aliphatic rings. The standard InChI is InChI=1S/C28H41NO5S/c1-17-6-11-22(18(2)14-17)26(30)29(23-15-24(28(3,4)5)35-25(23)27(31)32)19-7-9-20(10-8-19)34-21-12-13-33-16-21/h6,15,18-22H,7-14,16H2,1-5H3,(H,31,32)/t18-,19?,20?,21+,22+/m0/s1. The SMILES string of the molecule is CC1=CC[C@@H](C(=O)N(c2cc(C(C)(C)C)sc2C(=O)O)C2CCC(O[C@@H]3CCOC3)CC2)[C@@H](C)C1. The van der Waals surface area contributed by atoms with Crippen molar-refractivity contribution in [3.63, 3.8) is 0 Å². The predicted molar refractivity (Wildman–Crippen MR) is 139 cm³/mol. The maximum absolute atomic E-state index is 14.2. The average Bonchev–Trinajstić information content (AvgIpc) is 3.45. The summed E-state index contributed by atoms with van der Waals surface area (Å²) in [6, 6.07) is 1.96. The molecule has 0 bridgehead atoms. The van der Waals surface area contributed by atoms with Gasteiger partial charge in [-0.3, -0.25) is 4.79 Å². The lowest BCUT2D eigenvalue weighted by Crippen LogP contribution is -2.48. The van der Waals surface area contributed by atoms with Crippen LogP contribution in [0.5, 0.6) is 0 Å². The number of carbonyl (C=O) groups is 2. The smallest absolute Gasteiger partial charge is 0.348 e. The number of carboxylic acid groups (broad SMARTS) is 1. The summed E-state index contributed by atoms with van der Waals surface area (Å²) in [6.45, 7) is 12.0. The second kappa shape index (κ2) is 10.7. The van der Waals surface area contributed by atoms with Crippen LogP contribution < -0.4 is 4.90 Å². The number of hydrogen-bond donors (Lipinski definition) is 1. The molecule has 1 aromatic heterocycles. The highest BCUT2D eigenvalue weighted by Crippen LogP contribution is 2.42. The molecule has 2 aliphatic carbocycles. The number of nitrogens with zero attached hydrogens (tertiary/aromatic N) is 1. The third-order valence-corrected chi connectivity index (χ3v) is 9.33. The maximum atomic E-state index is 14.2. The van der Waals surface area contributed by atoms with Crippen molar-refractivity contribution in [1.29, 1.82) is 0 Å². The fourth-order valence-electron chi connectivity index (χ4n) is 5.73. The van der Waals surface area contributed by atoms with E-state index in [1.165, 1.54) is 16.9 Å². The Balaban J connectivity index is 1.63. The minimum Gasteiger partial charge on any atom is -0.477 e. The highest BCUT2D eigenvalue weighted by Gasteiger charge is 2.39. The number of ether oxygens (including phenoxy) is 2. The molecule has 1 amide bonds. The molecule has 6 nitrogen and oxygen atoms in total. The second-order valence-corrected chi connectivity index (χ2v) is 12.8. The second-order valence-electron chi connectivity index (χ2n) is 11.7. The van der Waals surface area contributed by atoms with E-state index in [1.54, 1.807) is 0 Å². The van der Waals surface area contributed by atoms with Gasteiger partial charge in [-0.25, -0.2) is 4.79 Å². The number of carbonyl (C=O) groups excluding carboxylic acids is 1. The van der Waals surface area contributed by atoms with Crippen molar-refractivity contribution in [3.05, 3.63) is 27.5 Å². The molecule has 1 aromatic rings. The normalized spacial score (nSPS) is 29.6. The van der Waals surface area contributed by atoms with Crippen LogP contribution >= 0.6 is 11.3 Å². The van der Waals surface area contributed by atoms with Gasteiger partial charge in [0.1, 0.15) is 4.88 Å². The van der Waals surface area contributed by atoms with Crippen molar-refractivity contribution >= 4 is 28.9 Å². The topological polar surface area (TPSA) is 76.1 Å². The van der Waals surface area contributed by atoms with E-state index in [9.17, 15) is 14.7 Å². The molecule has 2 heterocycles. The lowest BCUT2D eigenvalue weighted by molar-refractivity contribution is -0.124. The Morgan fingerprint density at radius 2 is 1.86 bits per heavy atom. The van der Waals surface area contributed by atoms with Crippen LogP contribution in [0.2, 0.25) is 0 Å². The number of hydrogen-bond acceptors (Lipinski definition) is 5. The average molecular weight is 504 g/mol. The molecule has 1 aliphatic heterocycles. The van der Waals surface area contributed by atoms with Gasteiger partial charge in [0.05, 0.1) is 24.5 Å². The first-order chi connectivity index (χ1) is 16.5. The van der Waals surface area contributed by atoms with E-state index < -0.39 is 5.97 Å². The first kappa shape index (κ1) is 26.4. The molecule has 1 saturated heterocycles. The molecule has 4 rings (SSSR count). The van der Waals surface area contributed by atoms with Gasteiger partial charge in [0.15, 0.2) is 0 Å². The minimum atomic E-state index is -0.955. The van der Waals surface area contributed by atoms with Crippen LogP contribution in [-0.2, 0) is 19.7 Å². The fraction of sp³-hybridized carbons (Fsp3) is 0.714. The van der Waals surface area contributed by atoms with Crippen molar-refractivity contribution in [2.75, 3.05) is 18.1 Å². The fourth-order valence-corrected chi connectivity index (χ4v) is 6.77. The molecule has 0 aromatic carbocycles. The van der Waals surface area contributed by atoms with E-state index in [0.29, 0.717) is 12.3 Å². The lowest BCUT2D eigenvalue weighted by Gasteiger charge is -2.40. The Morgan fingerprint density at radius 1 is 1.14 bits per heavy atom. The van der Waals surface area contributed by atoms with Gasteiger partial charge in [0.2, 0.25) is 5.91 Å². The van der Waals surface area contributed by atoms with Gasteiger partial charge < -0.3 is 19.5 Å². The summed E-state index contributed by atoms with van der Waals surface area (Å²) in [5.41, 5.74) is 1.73. The quantitative estimate of drug-likeness (QED) is 0.469. The predicted octanol–water partition coefficient (Wildman–Crippen LogP) is 6.19. The van der Waals surface area contributed by atoms with Crippen LogP contribution in [0, 0.1) is 11.8 Å². The number of amides is 1. The molecule has 0 unspecified atom stereocenters. The van der Waals surface area contributed by atoms with Crippen molar-refractivity contribution in [1.82, 2.24) is 0 Å². The van der Waals surface area contributed by atoms with E-state index in [4.69, 9.17) is 9.47 Å². The molecule has 1 saturated carbocycles. The van der Waals surface area contributed by atoms with Gasteiger partial charge in [0.25, 0.3) is 0 Å². The molecular weight excluding hydrogens is 462 g/mol.